The van der Waals surface area contributed by atoms with Gasteiger partial charge in [-0.25, -0.2) is 14.2 Å². The quantitative estimate of drug-likeness (QED) is 0.299. The van der Waals surface area contributed by atoms with Gasteiger partial charge < -0.3 is 23.9 Å². The van der Waals surface area contributed by atoms with Gasteiger partial charge in [-0.1, -0.05) is 19.0 Å². The summed E-state index contributed by atoms with van der Waals surface area (Å²) in [5.74, 6) is -1.62. The number of carbonyl (C=O) groups is 2. The third-order valence-electron chi connectivity index (χ3n) is 9.24. The van der Waals surface area contributed by atoms with Gasteiger partial charge in [0.2, 0.25) is 12.1 Å². The molecule has 5 fully saturated rings. The van der Waals surface area contributed by atoms with Crippen LogP contribution >= 0.6 is 0 Å². The lowest BCUT2D eigenvalue weighted by atomic mass is 9.58. The standard InChI is InChI=1S/C28H35FN2O8/c1-15-7-9-20-16(2)25(36-26-28(20)19(15)11-12-27(3,37-26)38-39-28)35-22(32)6-5-13-31-21-10-8-17(29)14-18(21)23(24(31)33)30-34-4/h8,10,14-16,19-20,25-26H,5-7,9,11-13H2,1-4H3/t15-,16-,19+,20+,25?,26-,27-,28-/m1/s1. The molecule has 1 aromatic carbocycles. The van der Waals surface area contributed by atoms with Crippen LogP contribution in [0.1, 0.15) is 64.9 Å². The summed E-state index contributed by atoms with van der Waals surface area (Å²) in [6.45, 7) is 6.36. The van der Waals surface area contributed by atoms with Crippen molar-refractivity contribution in [3.8, 4) is 0 Å². The van der Waals surface area contributed by atoms with E-state index in [1.54, 1.807) is 0 Å². The highest BCUT2D eigenvalue weighted by molar-refractivity contribution is 6.54. The summed E-state index contributed by atoms with van der Waals surface area (Å²) >= 11 is 0. The molecule has 5 aliphatic heterocycles. The Morgan fingerprint density at radius 1 is 1.21 bits per heavy atom. The van der Waals surface area contributed by atoms with E-state index < -0.39 is 41.7 Å². The lowest BCUT2D eigenvalue weighted by Crippen LogP contribution is -2.70. The summed E-state index contributed by atoms with van der Waals surface area (Å²) in [5.41, 5.74) is 0.198. The fourth-order valence-electron chi connectivity index (χ4n) is 7.26. The van der Waals surface area contributed by atoms with Crippen LogP contribution in [0.3, 0.4) is 0 Å². The number of benzene rings is 1. The molecule has 4 saturated heterocycles. The summed E-state index contributed by atoms with van der Waals surface area (Å²) in [6, 6.07) is 4.06. The molecule has 39 heavy (non-hydrogen) atoms. The first-order chi connectivity index (χ1) is 18.7. The average molecular weight is 547 g/mol. The smallest absolute Gasteiger partial charge is 0.308 e. The maximum atomic E-state index is 13.8. The number of hydrogen-bond donors (Lipinski definition) is 0. The first kappa shape index (κ1) is 26.6. The number of anilines is 1. The molecule has 1 unspecified atom stereocenters. The molecule has 10 nitrogen and oxygen atoms in total. The molecule has 11 heteroatoms. The Labute approximate surface area is 226 Å². The van der Waals surface area contributed by atoms with E-state index in [2.05, 4.69) is 12.1 Å². The zero-order valence-electron chi connectivity index (χ0n) is 22.7. The van der Waals surface area contributed by atoms with Crippen molar-refractivity contribution in [3.63, 3.8) is 0 Å². The summed E-state index contributed by atoms with van der Waals surface area (Å²) in [4.78, 5) is 44.1. The molecule has 0 aromatic heterocycles. The molecule has 2 bridgehead atoms. The van der Waals surface area contributed by atoms with Gasteiger partial charge in [-0.15, -0.1) is 0 Å². The molecular weight excluding hydrogens is 511 g/mol. The molecule has 7 rings (SSSR count). The van der Waals surface area contributed by atoms with Crippen LogP contribution in [0, 0.1) is 29.5 Å². The van der Waals surface area contributed by atoms with Gasteiger partial charge in [-0.2, -0.15) is 0 Å². The van der Waals surface area contributed by atoms with Gasteiger partial charge in [0.1, 0.15) is 12.9 Å². The Hall–Kier alpha value is -2.60. The molecule has 1 aliphatic carbocycles. The predicted molar refractivity (Wildman–Crippen MR) is 134 cm³/mol. The van der Waals surface area contributed by atoms with Crippen molar-refractivity contribution in [1.29, 1.82) is 0 Å². The maximum Gasteiger partial charge on any atom is 0.308 e. The number of oxime groups is 1. The Morgan fingerprint density at radius 3 is 2.82 bits per heavy atom. The van der Waals surface area contributed by atoms with Gasteiger partial charge in [0.05, 0.1) is 5.69 Å². The Balaban J connectivity index is 1.11. The van der Waals surface area contributed by atoms with Crippen LogP contribution in [0.15, 0.2) is 23.4 Å². The number of halogens is 1. The van der Waals surface area contributed by atoms with E-state index in [0.717, 1.165) is 19.3 Å². The molecule has 0 radical (unpaired) electrons. The van der Waals surface area contributed by atoms with E-state index in [0.29, 0.717) is 30.0 Å². The summed E-state index contributed by atoms with van der Waals surface area (Å²) in [7, 11) is 1.33. The highest BCUT2D eigenvalue weighted by atomic mass is 19.1. The minimum absolute atomic E-state index is 0.0330. The van der Waals surface area contributed by atoms with E-state index >= 15 is 0 Å². The van der Waals surface area contributed by atoms with Crippen molar-refractivity contribution in [2.24, 2.45) is 28.8 Å². The number of amides is 1. The van der Waals surface area contributed by atoms with Crippen molar-refractivity contribution in [2.75, 3.05) is 18.6 Å². The minimum atomic E-state index is -0.904. The van der Waals surface area contributed by atoms with E-state index in [9.17, 15) is 14.0 Å². The summed E-state index contributed by atoms with van der Waals surface area (Å²) < 4.78 is 32.3. The first-order valence-corrected chi connectivity index (χ1v) is 13.8. The highest BCUT2D eigenvalue weighted by Crippen LogP contribution is 2.60. The number of rotatable bonds is 6. The normalized spacial score (nSPS) is 39.8. The monoisotopic (exact) mass is 546 g/mol. The zero-order chi connectivity index (χ0) is 27.5. The lowest BCUT2D eigenvalue weighted by molar-refractivity contribution is -0.576. The first-order valence-electron chi connectivity index (χ1n) is 13.8. The van der Waals surface area contributed by atoms with Crippen LogP contribution in [0.5, 0.6) is 0 Å². The van der Waals surface area contributed by atoms with Crippen molar-refractivity contribution in [3.05, 3.63) is 29.6 Å². The average Bonchev–Trinajstić information content (AvgIpc) is 3.00. The van der Waals surface area contributed by atoms with E-state index in [-0.39, 0.29) is 36.4 Å². The summed E-state index contributed by atoms with van der Waals surface area (Å²) in [6.07, 6.45) is 2.52. The molecule has 1 spiro atoms. The van der Waals surface area contributed by atoms with Crippen LogP contribution in [0.2, 0.25) is 0 Å². The fraction of sp³-hybridized carbons (Fsp3) is 0.679. The largest absolute Gasteiger partial charge is 0.435 e. The third kappa shape index (κ3) is 4.25. The number of nitrogens with zero attached hydrogens (tertiary/aromatic N) is 2. The fourth-order valence-corrected chi connectivity index (χ4v) is 7.26. The van der Waals surface area contributed by atoms with Gasteiger partial charge >= 0.3 is 5.97 Å². The van der Waals surface area contributed by atoms with Crippen LogP contribution in [-0.2, 0) is 38.4 Å². The van der Waals surface area contributed by atoms with E-state index in [4.69, 9.17) is 28.8 Å². The van der Waals surface area contributed by atoms with Crippen LogP contribution in [-0.4, -0.2) is 55.2 Å². The van der Waals surface area contributed by atoms with Crippen molar-refractivity contribution < 1.29 is 42.8 Å². The van der Waals surface area contributed by atoms with Gasteiger partial charge in [0, 0.05) is 36.8 Å². The second-order valence-electron chi connectivity index (χ2n) is 11.6. The molecule has 0 N–H and O–H groups in total. The SMILES string of the molecule is CON=C1C(=O)N(CCCC(=O)OC2O[C@@H]3O[C@@]4(C)CC[C@H]5[C@H](C)CC[C@@H]([C@H]2C)[C@@]35OO4)c2ccc(F)cc21. The van der Waals surface area contributed by atoms with Gasteiger partial charge in [-0.05, 0) is 62.6 Å². The molecule has 1 aromatic rings. The number of hydrogen-bond acceptors (Lipinski definition) is 9. The highest BCUT2D eigenvalue weighted by Gasteiger charge is 2.69. The molecule has 1 saturated carbocycles. The second-order valence-corrected chi connectivity index (χ2v) is 11.6. The predicted octanol–water partition coefficient (Wildman–Crippen LogP) is 4.05. The molecule has 212 valence electrons. The number of carbonyl (C=O) groups excluding carboxylic acids is 2. The number of fused-ring (bicyclic) bond motifs is 3. The van der Waals surface area contributed by atoms with Crippen LogP contribution in [0.4, 0.5) is 10.1 Å². The minimum Gasteiger partial charge on any atom is -0.435 e. The van der Waals surface area contributed by atoms with Crippen molar-refractivity contribution in [1.82, 2.24) is 0 Å². The number of ether oxygens (including phenoxy) is 3. The molecule has 8 atom stereocenters. The van der Waals surface area contributed by atoms with E-state index in [1.165, 1.54) is 30.2 Å². The van der Waals surface area contributed by atoms with E-state index in [1.807, 2.05) is 13.8 Å². The Bertz CT molecular complexity index is 1190. The van der Waals surface area contributed by atoms with Gasteiger partial charge in [0.25, 0.3) is 5.91 Å². The van der Waals surface area contributed by atoms with Crippen LogP contribution < -0.4 is 4.90 Å². The van der Waals surface area contributed by atoms with Gasteiger partial charge in [-0.3, -0.25) is 9.59 Å². The molecule has 6 aliphatic rings. The number of esters is 1. The molecular formula is C28H35FN2O8. The maximum absolute atomic E-state index is 13.8. The lowest BCUT2D eigenvalue weighted by Gasteiger charge is -2.59. The second kappa shape index (κ2) is 9.79. The van der Waals surface area contributed by atoms with Gasteiger partial charge in [0.15, 0.2) is 17.6 Å². The topological polar surface area (TPSA) is 105 Å². The Kier molecular flexibility index (Phi) is 6.68. The third-order valence-corrected chi connectivity index (χ3v) is 9.24. The van der Waals surface area contributed by atoms with Crippen molar-refractivity contribution in [2.45, 2.75) is 83.3 Å². The zero-order valence-corrected chi connectivity index (χ0v) is 22.7. The van der Waals surface area contributed by atoms with Crippen LogP contribution in [0.25, 0.3) is 0 Å². The van der Waals surface area contributed by atoms with Crippen molar-refractivity contribution >= 4 is 23.3 Å². The molecule has 5 heterocycles. The summed E-state index contributed by atoms with van der Waals surface area (Å²) in [5, 5.41) is 3.78. The molecule has 1 amide bonds. The Morgan fingerprint density at radius 2 is 2.03 bits per heavy atom.